The van der Waals surface area contributed by atoms with Crippen LogP contribution < -0.4 is 14.8 Å². The van der Waals surface area contributed by atoms with Crippen molar-refractivity contribution >= 4 is 11.6 Å². The summed E-state index contributed by atoms with van der Waals surface area (Å²) in [5.41, 5.74) is 1.03. The van der Waals surface area contributed by atoms with E-state index in [9.17, 15) is 0 Å². The monoisotopic (exact) mass is 273 g/mol. The molecule has 5 heteroatoms. The van der Waals surface area contributed by atoms with E-state index in [0.29, 0.717) is 29.7 Å². The van der Waals surface area contributed by atoms with Crippen molar-refractivity contribution in [1.29, 1.82) is 0 Å². The molecule has 0 aliphatic rings. The van der Waals surface area contributed by atoms with Crippen LogP contribution in [0.25, 0.3) is 0 Å². The minimum atomic E-state index is 0.195. The molecule has 0 spiro atoms. The van der Waals surface area contributed by atoms with Gasteiger partial charge in [-0.25, -0.2) is 0 Å². The van der Waals surface area contributed by atoms with Gasteiger partial charge in [-0.2, -0.15) is 0 Å². The molecule has 0 aromatic heterocycles. The number of ether oxygens (including phenoxy) is 2. The molecule has 1 aromatic carbocycles. The maximum atomic E-state index is 8.69. The molecule has 0 unspecified atom stereocenters. The second-order valence-electron chi connectivity index (χ2n) is 3.80. The van der Waals surface area contributed by atoms with Crippen molar-refractivity contribution in [2.24, 2.45) is 0 Å². The smallest absolute Gasteiger partial charge is 0.179 e. The summed E-state index contributed by atoms with van der Waals surface area (Å²) in [6.07, 6.45) is 0.738. The van der Waals surface area contributed by atoms with Gasteiger partial charge in [-0.1, -0.05) is 11.6 Å². The predicted molar refractivity (Wildman–Crippen MR) is 72.6 cm³/mol. The minimum absolute atomic E-state index is 0.195. The highest BCUT2D eigenvalue weighted by atomic mass is 35.5. The van der Waals surface area contributed by atoms with Gasteiger partial charge in [0, 0.05) is 13.2 Å². The van der Waals surface area contributed by atoms with Crippen LogP contribution in [0.5, 0.6) is 11.5 Å². The van der Waals surface area contributed by atoms with Crippen molar-refractivity contribution in [1.82, 2.24) is 5.32 Å². The maximum Gasteiger partial charge on any atom is 0.179 e. The van der Waals surface area contributed by atoms with E-state index in [1.54, 1.807) is 7.11 Å². The number of hydrogen-bond donors (Lipinski definition) is 2. The van der Waals surface area contributed by atoms with E-state index < -0.39 is 0 Å². The number of methoxy groups -OCH3 is 1. The van der Waals surface area contributed by atoms with E-state index in [4.69, 9.17) is 26.2 Å². The van der Waals surface area contributed by atoms with Crippen LogP contribution in [-0.4, -0.2) is 32.0 Å². The molecule has 2 N–H and O–H groups in total. The second-order valence-corrected chi connectivity index (χ2v) is 4.20. The fourth-order valence-electron chi connectivity index (χ4n) is 1.60. The molecule has 0 saturated heterocycles. The van der Waals surface area contributed by atoms with Crippen molar-refractivity contribution in [3.05, 3.63) is 22.7 Å². The van der Waals surface area contributed by atoms with Gasteiger partial charge in [0.05, 0.1) is 18.7 Å². The van der Waals surface area contributed by atoms with Crippen LogP contribution >= 0.6 is 11.6 Å². The van der Waals surface area contributed by atoms with Crippen LogP contribution in [0.15, 0.2) is 12.1 Å². The molecule has 0 saturated carbocycles. The summed E-state index contributed by atoms with van der Waals surface area (Å²) < 4.78 is 10.7. The molecule has 0 heterocycles. The van der Waals surface area contributed by atoms with Crippen LogP contribution in [0, 0.1) is 0 Å². The first kappa shape index (κ1) is 15.1. The molecule has 102 valence electrons. The van der Waals surface area contributed by atoms with Crippen molar-refractivity contribution in [2.75, 3.05) is 26.9 Å². The van der Waals surface area contributed by atoms with Gasteiger partial charge in [-0.05, 0) is 37.6 Å². The van der Waals surface area contributed by atoms with Crippen LogP contribution in [0.3, 0.4) is 0 Å². The van der Waals surface area contributed by atoms with Crippen LogP contribution in [0.2, 0.25) is 5.02 Å². The third kappa shape index (κ3) is 4.37. The lowest BCUT2D eigenvalue weighted by molar-refractivity contribution is 0.286. The van der Waals surface area contributed by atoms with Crippen LogP contribution in [0.4, 0.5) is 0 Å². The molecule has 0 aliphatic carbocycles. The quantitative estimate of drug-likeness (QED) is 0.713. The first-order valence-electron chi connectivity index (χ1n) is 6.03. The molecule has 0 radical (unpaired) electrons. The number of hydrogen-bond acceptors (Lipinski definition) is 4. The zero-order chi connectivity index (χ0) is 13.4. The van der Waals surface area contributed by atoms with E-state index in [0.717, 1.165) is 18.5 Å². The van der Waals surface area contributed by atoms with E-state index >= 15 is 0 Å². The fourth-order valence-corrected chi connectivity index (χ4v) is 1.88. The summed E-state index contributed by atoms with van der Waals surface area (Å²) in [6.45, 7) is 4.09. The number of aliphatic hydroxyl groups is 1. The molecule has 1 rings (SSSR count). The lowest BCUT2D eigenvalue weighted by atomic mass is 10.2. The Kier molecular flexibility index (Phi) is 6.86. The third-order valence-electron chi connectivity index (χ3n) is 2.42. The van der Waals surface area contributed by atoms with Gasteiger partial charge in [0.25, 0.3) is 0 Å². The second kappa shape index (κ2) is 8.19. The van der Waals surface area contributed by atoms with E-state index in [-0.39, 0.29) is 6.61 Å². The van der Waals surface area contributed by atoms with E-state index in [2.05, 4.69) is 5.32 Å². The van der Waals surface area contributed by atoms with Crippen molar-refractivity contribution < 1.29 is 14.6 Å². The van der Waals surface area contributed by atoms with E-state index in [1.165, 1.54) is 0 Å². The normalized spacial score (nSPS) is 10.4. The Morgan fingerprint density at radius 2 is 2.17 bits per heavy atom. The number of benzene rings is 1. The summed E-state index contributed by atoms with van der Waals surface area (Å²) in [7, 11) is 1.59. The first-order chi connectivity index (χ1) is 8.72. The van der Waals surface area contributed by atoms with Crippen molar-refractivity contribution in [3.8, 4) is 11.5 Å². The summed E-state index contributed by atoms with van der Waals surface area (Å²) in [4.78, 5) is 0. The lowest BCUT2D eigenvalue weighted by Gasteiger charge is -2.13. The highest BCUT2D eigenvalue weighted by molar-refractivity contribution is 6.32. The lowest BCUT2D eigenvalue weighted by Crippen LogP contribution is -2.15. The molecule has 1 aromatic rings. The summed E-state index contributed by atoms with van der Waals surface area (Å²) in [5.74, 6) is 1.23. The van der Waals surface area contributed by atoms with Gasteiger partial charge >= 0.3 is 0 Å². The topological polar surface area (TPSA) is 50.7 Å². The average molecular weight is 274 g/mol. The fraction of sp³-hybridized carbons (Fsp3) is 0.538. The molecule has 0 fully saturated rings. The average Bonchev–Trinajstić information content (AvgIpc) is 2.37. The summed E-state index contributed by atoms with van der Waals surface area (Å²) in [6, 6.07) is 3.77. The zero-order valence-electron chi connectivity index (χ0n) is 10.8. The van der Waals surface area contributed by atoms with Gasteiger partial charge in [-0.15, -0.1) is 0 Å². The third-order valence-corrected chi connectivity index (χ3v) is 2.70. The highest BCUT2D eigenvalue weighted by Gasteiger charge is 2.11. The Morgan fingerprint density at radius 1 is 1.39 bits per heavy atom. The minimum Gasteiger partial charge on any atom is -0.493 e. The van der Waals surface area contributed by atoms with Gasteiger partial charge < -0.3 is 19.9 Å². The summed E-state index contributed by atoms with van der Waals surface area (Å²) >= 11 is 6.16. The maximum absolute atomic E-state index is 8.69. The van der Waals surface area contributed by atoms with E-state index in [1.807, 2.05) is 19.1 Å². The highest BCUT2D eigenvalue weighted by Crippen LogP contribution is 2.36. The molecule has 18 heavy (non-hydrogen) atoms. The van der Waals surface area contributed by atoms with Crippen molar-refractivity contribution in [2.45, 2.75) is 19.9 Å². The Bertz CT molecular complexity index is 371. The number of nitrogens with one attached hydrogen (secondary N) is 1. The van der Waals surface area contributed by atoms with Crippen molar-refractivity contribution in [3.63, 3.8) is 0 Å². The Morgan fingerprint density at radius 3 is 2.78 bits per heavy atom. The zero-order valence-corrected chi connectivity index (χ0v) is 11.6. The molecule has 0 atom stereocenters. The molecular weight excluding hydrogens is 254 g/mol. The van der Waals surface area contributed by atoms with Gasteiger partial charge in [0.15, 0.2) is 11.5 Å². The molecular formula is C13H20ClNO3. The SMILES string of the molecule is CCOc1c(Cl)cc(CNCCCO)cc1OC. The Hall–Kier alpha value is -0.970. The number of rotatable bonds is 8. The molecule has 0 amide bonds. The summed E-state index contributed by atoms with van der Waals surface area (Å²) in [5, 5.41) is 12.5. The number of aliphatic hydroxyl groups excluding tert-OH is 1. The van der Waals surface area contributed by atoms with Gasteiger partial charge in [0.2, 0.25) is 0 Å². The first-order valence-corrected chi connectivity index (χ1v) is 6.41. The molecule has 0 aliphatic heterocycles. The molecule has 4 nitrogen and oxygen atoms in total. The standard InChI is InChI=1S/C13H20ClNO3/c1-3-18-13-11(14)7-10(8-12(13)17-2)9-15-5-4-6-16/h7-8,15-16H,3-6,9H2,1-2H3. The predicted octanol–water partition coefficient (Wildman–Crippen LogP) is 2.22. The van der Waals surface area contributed by atoms with Gasteiger partial charge in [-0.3, -0.25) is 0 Å². The van der Waals surface area contributed by atoms with Gasteiger partial charge in [0.1, 0.15) is 0 Å². The Labute approximate surface area is 113 Å². The largest absolute Gasteiger partial charge is 0.493 e. The van der Waals surface area contributed by atoms with Crippen LogP contribution in [0.1, 0.15) is 18.9 Å². The van der Waals surface area contributed by atoms with Crippen LogP contribution in [-0.2, 0) is 6.54 Å². The number of halogens is 1. The Balaban J connectivity index is 2.73. The molecule has 0 bridgehead atoms.